The average Bonchev–Trinajstić information content (AvgIpc) is 3.25. The smallest absolute Gasteiger partial charge is 0.408 e. The van der Waals surface area contributed by atoms with Gasteiger partial charge >= 0.3 is 6.18 Å². The molecule has 10 heteroatoms. The fourth-order valence-electron chi connectivity index (χ4n) is 4.24. The molecule has 0 bridgehead atoms. The molecule has 0 aliphatic carbocycles. The molecule has 3 aromatic rings. The maximum atomic E-state index is 13.4. The molecule has 174 valence electrons. The summed E-state index contributed by atoms with van der Waals surface area (Å²) >= 11 is 0. The molecule has 0 radical (unpaired) electrons. The van der Waals surface area contributed by atoms with Crippen molar-refractivity contribution >= 4 is 11.6 Å². The van der Waals surface area contributed by atoms with Gasteiger partial charge in [-0.25, -0.2) is 4.98 Å². The number of methoxy groups -OCH3 is 1. The number of aromatic nitrogens is 4. The molecule has 0 saturated heterocycles. The predicted octanol–water partition coefficient (Wildman–Crippen LogP) is 4.68. The number of amides is 1. The topological polar surface area (TPSA) is 73.1 Å². The van der Waals surface area contributed by atoms with Gasteiger partial charge in [0.25, 0.3) is 5.91 Å². The van der Waals surface area contributed by atoms with E-state index in [9.17, 15) is 18.0 Å². The van der Waals surface area contributed by atoms with Crippen LogP contribution in [0.15, 0.2) is 30.7 Å². The zero-order valence-corrected chi connectivity index (χ0v) is 19.0. The van der Waals surface area contributed by atoms with Gasteiger partial charge in [-0.15, -0.1) is 0 Å². The van der Waals surface area contributed by atoms with E-state index in [-0.39, 0.29) is 11.6 Å². The summed E-state index contributed by atoms with van der Waals surface area (Å²) in [5, 5.41) is 3.79. The van der Waals surface area contributed by atoms with Crippen molar-refractivity contribution in [2.45, 2.75) is 52.4 Å². The van der Waals surface area contributed by atoms with E-state index < -0.39 is 18.3 Å². The van der Waals surface area contributed by atoms with Crippen LogP contribution < -0.4 is 9.64 Å². The fraction of sp³-hybridized carbons (Fsp3) is 0.391. The molecule has 7 nitrogen and oxygen atoms in total. The Kier molecular flexibility index (Phi) is 5.42. The van der Waals surface area contributed by atoms with E-state index in [4.69, 9.17) is 9.72 Å². The van der Waals surface area contributed by atoms with Gasteiger partial charge in [-0.2, -0.15) is 18.3 Å². The molecular formula is C23H24F3N5O2. The highest BCUT2D eigenvalue weighted by Crippen LogP contribution is 2.43. The lowest BCUT2D eigenvalue weighted by Crippen LogP contribution is -2.39. The Hall–Kier alpha value is -3.43. The quantitative estimate of drug-likeness (QED) is 0.554. The Balaban J connectivity index is 1.77. The number of hydrogen-bond donors (Lipinski definition) is 0. The van der Waals surface area contributed by atoms with Crippen molar-refractivity contribution in [1.29, 1.82) is 0 Å². The van der Waals surface area contributed by atoms with Gasteiger partial charge in [-0.3, -0.25) is 19.4 Å². The number of aryl methyl sites for hydroxylation is 2. The first-order chi connectivity index (χ1) is 15.5. The first-order valence-corrected chi connectivity index (χ1v) is 10.5. The molecule has 1 aliphatic heterocycles. The zero-order chi connectivity index (χ0) is 24.1. The third-order valence-electron chi connectivity index (χ3n) is 5.77. The summed E-state index contributed by atoms with van der Waals surface area (Å²) in [4.78, 5) is 24.1. The number of ether oxygens (including phenoxy) is 1. The van der Waals surface area contributed by atoms with E-state index in [0.29, 0.717) is 22.7 Å². The minimum atomic E-state index is -4.41. The molecule has 0 spiro atoms. The summed E-state index contributed by atoms with van der Waals surface area (Å²) in [6.07, 6.45) is 0.530. The fourth-order valence-corrected chi connectivity index (χ4v) is 4.24. The van der Waals surface area contributed by atoms with Gasteiger partial charge in [-0.1, -0.05) is 6.92 Å². The van der Waals surface area contributed by atoms with Crippen molar-refractivity contribution in [3.63, 3.8) is 0 Å². The lowest BCUT2D eigenvalue weighted by molar-refractivity contribution is -0.142. The molecule has 0 unspecified atom stereocenters. The Morgan fingerprint density at radius 1 is 1.18 bits per heavy atom. The van der Waals surface area contributed by atoms with Gasteiger partial charge in [0, 0.05) is 18.0 Å². The number of anilines is 1. The maximum Gasteiger partial charge on any atom is 0.408 e. The van der Waals surface area contributed by atoms with Crippen LogP contribution in [-0.4, -0.2) is 38.9 Å². The van der Waals surface area contributed by atoms with Crippen LogP contribution in [0.25, 0.3) is 11.3 Å². The van der Waals surface area contributed by atoms with Gasteiger partial charge < -0.3 is 4.74 Å². The molecule has 1 amide bonds. The van der Waals surface area contributed by atoms with Crippen LogP contribution in [0.2, 0.25) is 0 Å². The van der Waals surface area contributed by atoms with Gasteiger partial charge in [0.2, 0.25) is 0 Å². The van der Waals surface area contributed by atoms with Crippen molar-refractivity contribution in [3.05, 3.63) is 53.2 Å². The number of hydrogen-bond acceptors (Lipinski definition) is 5. The van der Waals surface area contributed by atoms with Crippen LogP contribution in [0.1, 0.15) is 48.1 Å². The second-order valence-electron chi connectivity index (χ2n) is 8.49. The average molecular weight is 459 g/mol. The summed E-state index contributed by atoms with van der Waals surface area (Å²) < 4.78 is 44.5. The number of rotatable bonds is 5. The van der Waals surface area contributed by atoms with Crippen LogP contribution in [0, 0.1) is 6.92 Å². The number of alkyl halides is 3. The van der Waals surface area contributed by atoms with E-state index in [0.717, 1.165) is 27.9 Å². The third-order valence-corrected chi connectivity index (χ3v) is 5.77. The molecule has 0 aromatic carbocycles. The standard InChI is InChI=1S/C23H24F3N5O2/c1-6-16-18(33-5)8-14(9-27-16)17-7-13(2)19-20(29-17)22(3,4)31(21(19)32)15-10-28-30(11-15)12-23(24,25)26/h7-11H,6,12H2,1-5H3. The number of carbonyl (C=O) groups is 1. The number of fused-ring (bicyclic) bond motifs is 1. The molecular weight excluding hydrogens is 435 g/mol. The molecule has 1 aliphatic rings. The number of pyridine rings is 2. The van der Waals surface area contributed by atoms with E-state index in [1.165, 1.54) is 17.3 Å². The van der Waals surface area contributed by atoms with Crippen molar-refractivity contribution < 1.29 is 22.7 Å². The number of halogens is 3. The van der Waals surface area contributed by atoms with Crippen LogP contribution in [-0.2, 0) is 18.5 Å². The zero-order valence-electron chi connectivity index (χ0n) is 19.0. The molecule has 0 N–H and O–H groups in total. The molecule has 4 rings (SSSR count). The van der Waals surface area contributed by atoms with Crippen molar-refractivity contribution in [1.82, 2.24) is 19.7 Å². The molecule has 0 saturated carbocycles. The summed E-state index contributed by atoms with van der Waals surface area (Å²) in [6.45, 7) is 6.20. The molecule has 3 aromatic heterocycles. The van der Waals surface area contributed by atoms with Crippen molar-refractivity contribution in [2.24, 2.45) is 0 Å². The maximum absolute atomic E-state index is 13.4. The largest absolute Gasteiger partial charge is 0.495 e. The van der Waals surface area contributed by atoms with Gasteiger partial charge in [0.15, 0.2) is 0 Å². The first kappa shape index (κ1) is 22.8. The van der Waals surface area contributed by atoms with E-state index in [1.54, 1.807) is 13.3 Å². The van der Waals surface area contributed by atoms with Crippen molar-refractivity contribution in [2.75, 3.05) is 12.0 Å². The minimum Gasteiger partial charge on any atom is -0.495 e. The van der Waals surface area contributed by atoms with Crippen LogP contribution in [0.5, 0.6) is 5.75 Å². The summed E-state index contributed by atoms with van der Waals surface area (Å²) in [5.74, 6) is 0.333. The van der Waals surface area contributed by atoms with Crippen LogP contribution in [0.4, 0.5) is 18.9 Å². The number of carbonyl (C=O) groups excluding carboxylic acids is 1. The van der Waals surface area contributed by atoms with Gasteiger partial charge in [0.05, 0.1) is 47.2 Å². The molecule has 0 fully saturated rings. The van der Waals surface area contributed by atoms with Gasteiger partial charge in [-0.05, 0) is 44.9 Å². The van der Waals surface area contributed by atoms with E-state index in [1.807, 2.05) is 39.8 Å². The second-order valence-corrected chi connectivity index (χ2v) is 8.49. The summed E-state index contributed by atoms with van der Waals surface area (Å²) in [7, 11) is 1.58. The Morgan fingerprint density at radius 3 is 2.55 bits per heavy atom. The normalized spacial score (nSPS) is 15.2. The number of nitrogens with zero attached hydrogens (tertiary/aromatic N) is 5. The Morgan fingerprint density at radius 2 is 1.91 bits per heavy atom. The Labute approximate surface area is 189 Å². The van der Waals surface area contributed by atoms with E-state index >= 15 is 0 Å². The minimum absolute atomic E-state index is 0.281. The molecule has 0 atom stereocenters. The summed E-state index contributed by atoms with van der Waals surface area (Å²) in [5.41, 5.74) is 3.30. The summed E-state index contributed by atoms with van der Waals surface area (Å²) in [6, 6.07) is 3.67. The lowest BCUT2D eigenvalue weighted by Gasteiger charge is -2.30. The highest BCUT2D eigenvalue weighted by atomic mass is 19.4. The second kappa shape index (κ2) is 7.86. The van der Waals surface area contributed by atoms with Gasteiger partial charge in [0.1, 0.15) is 12.3 Å². The van der Waals surface area contributed by atoms with E-state index in [2.05, 4.69) is 10.1 Å². The first-order valence-electron chi connectivity index (χ1n) is 10.5. The van der Waals surface area contributed by atoms with Crippen LogP contribution in [0.3, 0.4) is 0 Å². The predicted molar refractivity (Wildman–Crippen MR) is 116 cm³/mol. The molecule has 33 heavy (non-hydrogen) atoms. The molecule has 4 heterocycles. The monoisotopic (exact) mass is 459 g/mol. The SMILES string of the molecule is CCc1ncc(-c2cc(C)c3c(n2)C(C)(C)N(c2cnn(CC(F)(F)F)c2)C3=O)cc1OC. The van der Waals surface area contributed by atoms with Crippen LogP contribution >= 0.6 is 0 Å². The lowest BCUT2D eigenvalue weighted by atomic mass is 9.96. The van der Waals surface area contributed by atoms with Crippen molar-refractivity contribution in [3.8, 4) is 17.0 Å². The Bertz CT molecular complexity index is 1230. The highest BCUT2D eigenvalue weighted by Gasteiger charge is 2.47. The third kappa shape index (κ3) is 3.94. The highest BCUT2D eigenvalue weighted by molar-refractivity contribution is 6.12.